The Morgan fingerprint density at radius 3 is 2.65 bits per heavy atom. The number of aryl methyl sites for hydroxylation is 2. The van der Waals surface area contributed by atoms with Crippen LogP contribution in [0.3, 0.4) is 0 Å². The average molecular weight is 492 g/mol. The van der Waals surface area contributed by atoms with Crippen LogP contribution in [0.1, 0.15) is 17.7 Å². The van der Waals surface area contributed by atoms with Crippen LogP contribution in [0.25, 0.3) is 17.1 Å². The highest BCUT2D eigenvalue weighted by molar-refractivity contribution is 7.99. The predicted octanol–water partition coefficient (Wildman–Crippen LogP) is 5.84. The minimum absolute atomic E-state index is 0.127. The number of nitrogens with zero attached hydrogens (tertiary/aromatic N) is 5. The monoisotopic (exact) mass is 491 g/mol. The van der Waals surface area contributed by atoms with E-state index in [0.29, 0.717) is 28.2 Å². The Morgan fingerprint density at radius 2 is 1.97 bits per heavy atom. The van der Waals surface area contributed by atoms with Gasteiger partial charge < -0.3 is 9.32 Å². The first kappa shape index (κ1) is 23.6. The standard InChI is InChI=1S/C25H22ClN5O2S/c1-17-15-20(9-10-22(17)26)30(13-6-12-27)23(32)16-34-25-29-28-24(21-11-14-33-18(21)2)31(25)19-7-4-3-5-8-19/h3-5,7-11,14-15H,6,13,16H2,1-2H3. The van der Waals surface area contributed by atoms with Gasteiger partial charge in [0.1, 0.15) is 5.76 Å². The number of carbonyl (C=O) groups is 1. The molecule has 4 aromatic rings. The Balaban J connectivity index is 1.62. The fourth-order valence-electron chi connectivity index (χ4n) is 3.53. The molecule has 9 heteroatoms. The summed E-state index contributed by atoms with van der Waals surface area (Å²) in [5.74, 6) is 1.37. The summed E-state index contributed by atoms with van der Waals surface area (Å²) in [6.45, 7) is 4.05. The van der Waals surface area contributed by atoms with Gasteiger partial charge in [-0.1, -0.05) is 41.6 Å². The molecule has 7 nitrogen and oxygen atoms in total. The van der Waals surface area contributed by atoms with Gasteiger partial charge in [-0.15, -0.1) is 10.2 Å². The third-order valence-electron chi connectivity index (χ3n) is 5.27. The molecule has 0 aliphatic rings. The van der Waals surface area contributed by atoms with E-state index in [2.05, 4.69) is 16.3 Å². The van der Waals surface area contributed by atoms with Crippen LogP contribution in [0, 0.1) is 25.2 Å². The van der Waals surface area contributed by atoms with Crippen LogP contribution in [-0.4, -0.2) is 33.0 Å². The van der Waals surface area contributed by atoms with Crippen molar-refractivity contribution in [2.45, 2.75) is 25.4 Å². The number of nitriles is 1. The van der Waals surface area contributed by atoms with Crippen LogP contribution < -0.4 is 4.90 Å². The van der Waals surface area contributed by atoms with Gasteiger partial charge in [0.05, 0.1) is 30.1 Å². The number of carbonyl (C=O) groups excluding carboxylic acids is 1. The highest BCUT2D eigenvalue weighted by Gasteiger charge is 2.22. The molecule has 2 heterocycles. The third kappa shape index (κ3) is 5.01. The van der Waals surface area contributed by atoms with Gasteiger partial charge >= 0.3 is 0 Å². The Kier molecular flexibility index (Phi) is 7.36. The lowest BCUT2D eigenvalue weighted by atomic mass is 10.2. The molecular weight excluding hydrogens is 470 g/mol. The van der Waals surface area contributed by atoms with Gasteiger partial charge in [0.2, 0.25) is 5.91 Å². The van der Waals surface area contributed by atoms with Crippen molar-refractivity contribution < 1.29 is 9.21 Å². The molecule has 0 spiro atoms. The molecule has 0 aliphatic heterocycles. The van der Waals surface area contributed by atoms with Crippen molar-refractivity contribution in [3.8, 4) is 23.1 Å². The van der Waals surface area contributed by atoms with Crippen molar-refractivity contribution in [3.63, 3.8) is 0 Å². The molecule has 172 valence electrons. The van der Waals surface area contributed by atoms with E-state index in [1.54, 1.807) is 23.3 Å². The van der Waals surface area contributed by atoms with Gasteiger partial charge in [-0.05, 0) is 55.8 Å². The molecule has 0 saturated heterocycles. The van der Waals surface area contributed by atoms with E-state index in [4.69, 9.17) is 21.3 Å². The number of halogens is 1. The fraction of sp³-hybridized carbons (Fsp3) is 0.200. The summed E-state index contributed by atoms with van der Waals surface area (Å²) >= 11 is 7.45. The number of aromatic nitrogens is 3. The van der Waals surface area contributed by atoms with Crippen molar-refractivity contribution in [1.29, 1.82) is 5.26 Å². The second-order valence-electron chi connectivity index (χ2n) is 7.54. The molecule has 34 heavy (non-hydrogen) atoms. The topological polar surface area (TPSA) is 87.9 Å². The summed E-state index contributed by atoms with van der Waals surface area (Å²) in [7, 11) is 0. The number of anilines is 1. The lowest BCUT2D eigenvalue weighted by Gasteiger charge is -2.22. The van der Waals surface area contributed by atoms with Crippen molar-refractivity contribution in [2.24, 2.45) is 0 Å². The van der Waals surface area contributed by atoms with Crippen LogP contribution in [0.5, 0.6) is 0 Å². The highest BCUT2D eigenvalue weighted by Crippen LogP contribution is 2.31. The Labute approximate surface area is 207 Å². The molecule has 4 rings (SSSR count). The molecule has 0 aliphatic carbocycles. The van der Waals surface area contributed by atoms with Gasteiger partial charge in [-0.2, -0.15) is 5.26 Å². The van der Waals surface area contributed by atoms with E-state index in [1.807, 2.05) is 60.9 Å². The van der Waals surface area contributed by atoms with E-state index in [-0.39, 0.29) is 18.1 Å². The van der Waals surface area contributed by atoms with Crippen LogP contribution in [-0.2, 0) is 4.79 Å². The lowest BCUT2D eigenvalue weighted by Crippen LogP contribution is -2.33. The molecule has 0 atom stereocenters. The summed E-state index contributed by atoms with van der Waals surface area (Å²) in [4.78, 5) is 14.9. The minimum atomic E-state index is -0.134. The maximum absolute atomic E-state index is 13.2. The third-order valence-corrected chi connectivity index (χ3v) is 6.61. The van der Waals surface area contributed by atoms with E-state index in [0.717, 1.165) is 22.6 Å². The maximum atomic E-state index is 13.2. The molecular formula is C25H22ClN5O2S. The van der Waals surface area contributed by atoms with Crippen molar-refractivity contribution in [2.75, 3.05) is 17.2 Å². The molecule has 1 amide bonds. The highest BCUT2D eigenvalue weighted by atomic mass is 35.5. The number of hydrogen-bond acceptors (Lipinski definition) is 6. The number of para-hydroxylation sites is 1. The average Bonchev–Trinajstić information content (AvgIpc) is 3.46. The molecule has 0 fully saturated rings. The van der Waals surface area contributed by atoms with Gasteiger partial charge in [-0.25, -0.2) is 0 Å². The summed E-state index contributed by atoms with van der Waals surface area (Å²) in [5.41, 5.74) is 3.29. The number of thioether (sulfide) groups is 1. The molecule has 0 N–H and O–H groups in total. The quantitative estimate of drug-likeness (QED) is 0.288. The Hall–Kier alpha value is -3.54. The van der Waals surface area contributed by atoms with Crippen molar-refractivity contribution >= 4 is 35.0 Å². The van der Waals surface area contributed by atoms with Crippen LogP contribution in [0.2, 0.25) is 5.02 Å². The number of rotatable bonds is 8. The Bertz CT molecular complexity index is 1340. The lowest BCUT2D eigenvalue weighted by molar-refractivity contribution is -0.116. The molecule has 0 bridgehead atoms. The summed E-state index contributed by atoms with van der Waals surface area (Å²) in [5, 5.41) is 19.1. The summed E-state index contributed by atoms with van der Waals surface area (Å²) in [6, 6.07) is 19.1. The van der Waals surface area contributed by atoms with Gasteiger partial charge in [-0.3, -0.25) is 9.36 Å². The summed E-state index contributed by atoms with van der Waals surface area (Å²) in [6.07, 6.45) is 1.84. The minimum Gasteiger partial charge on any atom is -0.469 e. The van der Waals surface area contributed by atoms with Gasteiger partial charge in [0, 0.05) is 22.9 Å². The SMILES string of the molecule is Cc1cc(N(CCC#N)C(=O)CSc2nnc(-c3ccoc3C)n2-c2ccccc2)ccc1Cl. The largest absolute Gasteiger partial charge is 0.469 e. The normalized spacial score (nSPS) is 10.8. The fourth-order valence-corrected chi connectivity index (χ4v) is 4.47. The number of benzene rings is 2. The van der Waals surface area contributed by atoms with E-state index < -0.39 is 0 Å². The second-order valence-corrected chi connectivity index (χ2v) is 8.89. The first-order chi connectivity index (χ1) is 16.5. The second kappa shape index (κ2) is 10.6. The maximum Gasteiger partial charge on any atom is 0.237 e. The van der Waals surface area contributed by atoms with E-state index in [9.17, 15) is 4.79 Å². The predicted molar refractivity (Wildman–Crippen MR) is 133 cm³/mol. The first-order valence-electron chi connectivity index (χ1n) is 10.6. The van der Waals surface area contributed by atoms with Gasteiger partial charge in [0.15, 0.2) is 11.0 Å². The molecule has 2 aromatic carbocycles. The van der Waals surface area contributed by atoms with Crippen LogP contribution in [0.15, 0.2) is 70.4 Å². The number of furan rings is 1. The molecule has 2 aromatic heterocycles. The zero-order valence-corrected chi connectivity index (χ0v) is 20.3. The number of amides is 1. The molecule has 0 saturated carbocycles. The van der Waals surface area contributed by atoms with E-state index >= 15 is 0 Å². The van der Waals surface area contributed by atoms with Gasteiger partial charge in [0.25, 0.3) is 0 Å². The van der Waals surface area contributed by atoms with Crippen molar-refractivity contribution in [1.82, 2.24) is 14.8 Å². The Morgan fingerprint density at radius 1 is 1.18 bits per heavy atom. The van der Waals surface area contributed by atoms with Crippen molar-refractivity contribution in [3.05, 3.63) is 77.2 Å². The zero-order chi connectivity index (χ0) is 24.1. The van der Waals surface area contributed by atoms with Crippen LogP contribution >= 0.6 is 23.4 Å². The smallest absolute Gasteiger partial charge is 0.237 e. The molecule has 0 unspecified atom stereocenters. The number of hydrogen-bond donors (Lipinski definition) is 0. The zero-order valence-electron chi connectivity index (χ0n) is 18.7. The summed E-state index contributed by atoms with van der Waals surface area (Å²) < 4.78 is 7.39. The molecule has 0 radical (unpaired) electrons. The first-order valence-corrected chi connectivity index (χ1v) is 12.0. The van der Waals surface area contributed by atoms with Crippen LogP contribution in [0.4, 0.5) is 5.69 Å². The van der Waals surface area contributed by atoms with E-state index in [1.165, 1.54) is 11.8 Å².